The zero-order chi connectivity index (χ0) is 12.5. The second-order valence-electron chi connectivity index (χ2n) is 3.81. The molecular weight excluding hydrogens is 250 g/mol. The van der Waals surface area contributed by atoms with Crippen molar-refractivity contribution in [2.45, 2.75) is 0 Å². The zero-order valence-electron chi connectivity index (χ0n) is 9.22. The molecule has 0 aliphatic heterocycles. The number of aromatic nitrogens is 3. The van der Waals surface area contributed by atoms with Crippen molar-refractivity contribution in [1.82, 2.24) is 15.0 Å². The Bertz CT molecular complexity index is 722. The largest absolute Gasteiger partial charge is 0.337 e. The van der Waals surface area contributed by atoms with Crippen LogP contribution < -0.4 is 0 Å². The molecule has 88 valence electrons. The van der Waals surface area contributed by atoms with Crippen LogP contribution in [0, 0.1) is 0 Å². The van der Waals surface area contributed by atoms with Crippen LogP contribution in [0.2, 0.25) is 5.15 Å². The average molecular weight is 258 g/mol. The van der Waals surface area contributed by atoms with Crippen LogP contribution in [-0.2, 0) is 0 Å². The van der Waals surface area contributed by atoms with Gasteiger partial charge < -0.3 is 4.98 Å². The van der Waals surface area contributed by atoms with Crippen molar-refractivity contribution < 1.29 is 4.79 Å². The molecule has 3 rings (SSSR count). The maximum atomic E-state index is 10.7. The fourth-order valence-corrected chi connectivity index (χ4v) is 2.00. The van der Waals surface area contributed by atoms with Gasteiger partial charge in [-0.1, -0.05) is 41.9 Å². The van der Waals surface area contributed by atoms with E-state index in [1.165, 1.54) is 0 Å². The van der Waals surface area contributed by atoms with E-state index in [-0.39, 0.29) is 0 Å². The molecule has 2 heterocycles. The molecule has 4 nitrogen and oxygen atoms in total. The van der Waals surface area contributed by atoms with Crippen molar-refractivity contribution >= 4 is 28.9 Å². The molecular formula is C13H8ClN3O. The molecule has 0 fully saturated rings. The van der Waals surface area contributed by atoms with Crippen molar-refractivity contribution in [3.05, 3.63) is 47.2 Å². The van der Waals surface area contributed by atoms with Gasteiger partial charge in [0.1, 0.15) is 10.8 Å². The lowest BCUT2D eigenvalue weighted by atomic mass is 10.2. The molecule has 3 aromatic rings. The Morgan fingerprint density at radius 2 is 1.94 bits per heavy atom. The number of aromatic amines is 1. The highest BCUT2D eigenvalue weighted by Crippen LogP contribution is 2.24. The lowest BCUT2D eigenvalue weighted by Crippen LogP contribution is -1.90. The Labute approximate surface area is 108 Å². The number of aldehydes is 1. The molecule has 0 atom stereocenters. The van der Waals surface area contributed by atoms with Crippen molar-refractivity contribution in [3.63, 3.8) is 0 Å². The van der Waals surface area contributed by atoms with E-state index in [0.29, 0.717) is 27.7 Å². The van der Waals surface area contributed by atoms with Crippen LogP contribution in [0.3, 0.4) is 0 Å². The minimum Gasteiger partial charge on any atom is -0.337 e. The molecule has 2 aromatic heterocycles. The van der Waals surface area contributed by atoms with Gasteiger partial charge in [-0.25, -0.2) is 9.97 Å². The number of fused-ring (bicyclic) bond motifs is 1. The summed E-state index contributed by atoms with van der Waals surface area (Å²) in [6.07, 6.45) is 0.722. The summed E-state index contributed by atoms with van der Waals surface area (Å²) in [6, 6.07) is 11.2. The molecule has 0 bridgehead atoms. The Hall–Kier alpha value is -2.20. The molecule has 0 radical (unpaired) electrons. The number of carbonyl (C=O) groups is 1. The first-order chi connectivity index (χ1) is 8.78. The van der Waals surface area contributed by atoms with Crippen LogP contribution >= 0.6 is 11.6 Å². The van der Waals surface area contributed by atoms with E-state index < -0.39 is 0 Å². The minimum atomic E-state index is 0.336. The number of benzene rings is 1. The van der Waals surface area contributed by atoms with E-state index in [1.54, 1.807) is 6.07 Å². The molecule has 18 heavy (non-hydrogen) atoms. The highest BCUT2D eigenvalue weighted by Gasteiger charge is 2.10. The molecule has 0 unspecified atom stereocenters. The third-order valence-electron chi connectivity index (χ3n) is 2.62. The van der Waals surface area contributed by atoms with E-state index in [2.05, 4.69) is 15.0 Å². The zero-order valence-corrected chi connectivity index (χ0v) is 9.98. The van der Waals surface area contributed by atoms with Crippen molar-refractivity contribution in [2.75, 3.05) is 0 Å². The Morgan fingerprint density at radius 1 is 1.17 bits per heavy atom. The third-order valence-corrected chi connectivity index (χ3v) is 2.91. The predicted molar refractivity (Wildman–Crippen MR) is 69.7 cm³/mol. The van der Waals surface area contributed by atoms with E-state index in [4.69, 9.17) is 11.6 Å². The minimum absolute atomic E-state index is 0.336. The first-order valence-corrected chi connectivity index (χ1v) is 5.72. The highest BCUT2D eigenvalue weighted by atomic mass is 35.5. The van der Waals surface area contributed by atoms with E-state index >= 15 is 0 Å². The number of rotatable bonds is 2. The maximum absolute atomic E-state index is 10.7. The summed E-state index contributed by atoms with van der Waals surface area (Å²) in [7, 11) is 0. The number of hydrogen-bond donors (Lipinski definition) is 1. The lowest BCUT2D eigenvalue weighted by Gasteiger charge is -2.01. The topological polar surface area (TPSA) is 58.6 Å². The molecule has 0 saturated heterocycles. The summed E-state index contributed by atoms with van der Waals surface area (Å²) in [5.74, 6) is 0.535. The molecule has 0 saturated carbocycles. The summed E-state index contributed by atoms with van der Waals surface area (Å²) in [5.41, 5.74) is 1.88. The van der Waals surface area contributed by atoms with Crippen LogP contribution in [0.15, 0.2) is 36.4 Å². The standard InChI is InChI=1S/C13H8ClN3O/c14-11-10-6-9(7-18)15-13(10)17-12(16-11)8-4-2-1-3-5-8/h1-7H,(H,15,16,17). The molecule has 0 spiro atoms. The first-order valence-electron chi connectivity index (χ1n) is 5.35. The number of nitrogens with zero attached hydrogens (tertiary/aromatic N) is 2. The van der Waals surface area contributed by atoms with Crippen LogP contribution in [0.25, 0.3) is 22.4 Å². The van der Waals surface area contributed by atoms with E-state index in [1.807, 2.05) is 30.3 Å². The van der Waals surface area contributed by atoms with Crippen LogP contribution in [0.4, 0.5) is 0 Å². The number of hydrogen-bond acceptors (Lipinski definition) is 3. The number of carbonyl (C=O) groups excluding carboxylic acids is 1. The van der Waals surface area contributed by atoms with Gasteiger partial charge in [0.25, 0.3) is 0 Å². The number of H-pyrrole nitrogens is 1. The van der Waals surface area contributed by atoms with Gasteiger partial charge in [0.05, 0.1) is 11.1 Å². The van der Waals surface area contributed by atoms with E-state index in [0.717, 1.165) is 11.8 Å². The van der Waals surface area contributed by atoms with Gasteiger partial charge in [0, 0.05) is 5.56 Å². The van der Waals surface area contributed by atoms with Crippen molar-refractivity contribution in [2.24, 2.45) is 0 Å². The molecule has 1 aromatic carbocycles. The fraction of sp³-hybridized carbons (Fsp3) is 0. The second kappa shape index (κ2) is 4.23. The van der Waals surface area contributed by atoms with Gasteiger partial charge in [-0.2, -0.15) is 0 Å². The third kappa shape index (κ3) is 1.76. The van der Waals surface area contributed by atoms with Crippen molar-refractivity contribution in [3.8, 4) is 11.4 Å². The van der Waals surface area contributed by atoms with Gasteiger partial charge in [-0.3, -0.25) is 4.79 Å². The molecule has 0 aliphatic carbocycles. The van der Waals surface area contributed by atoms with Gasteiger partial charge in [-0.05, 0) is 6.07 Å². The Kier molecular flexibility index (Phi) is 2.57. The SMILES string of the molecule is O=Cc1cc2c(Cl)nc(-c3ccccc3)nc2[nH]1. The van der Waals surface area contributed by atoms with Crippen LogP contribution in [0.1, 0.15) is 10.5 Å². The summed E-state index contributed by atoms with van der Waals surface area (Å²) >= 11 is 6.10. The predicted octanol–water partition coefficient (Wildman–Crippen LogP) is 3.09. The van der Waals surface area contributed by atoms with Gasteiger partial charge in [0.2, 0.25) is 0 Å². The van der Waals surface area contributed by atoms with Crippen LogP contribution in [0.5, 0.6) is 0 Å². The molecule has 5 heteroatoms. The normalized spacial score (nSPS) is 10.7. The highest BCUT2D eigenvalue weighted by molar-refractivity contribution is 6.34. The Balaban J connectivity index is 2.24. The Morgan fingerprint density at radius 3 is 2.67 bits per heavy atom. The quantitative estimate of drug-likeness (QED) is 0.567. The van der Waals surface area contributed by atoms with E-state index in [9.17, 15) is 4.79 Å². The lowest BCUT2D eigenvalue weighted by molar-refractivity contribution is 0.112. The fourth-order valence-electron chi connectivity index (χ4n) is 1.77. The van der Waals surface area contributed by atoms with Gasteiger partial charge >= 0.3 is 0 Å². The molecule has 0 aliphatic rings. The monoisotopic (exact) mass is 257 g/mol. The molecule has 0 amide bonds. The molecule has 1 N–H and O–H groups in total. The summed E-state index contributed by atoms with van der Waals surface area (Å²) in [5, 5.41) is 0.988. The second-order valence-corrected chi connectivity index (χ2v) is 4.17. The van der Waals surface area contributed by atoms with Gasteiger partial charge in [0.15, 0.2) is 12.1 Å². The summed E-state index contributed by atoms with van der Waals surface area (Å²) in [6.45, 7) is 0. The van der Waals surface area contributed by atoms with Crippen molar-refractivity contribution in [1.29, 1.82) is 0 Å². The summed E-state index contributed by atoms with van der Waals surface area (Å²) < 4.78 is 0. The van der Waals surface area contributed by atoms with Crippen LogP contribution in [-0.4, -0.2) is 21.2 Å². The number of nitrogens with one attached hydrogen (secondary N) is 1. The first kappa shape index (κ1) is 10.9. The average Bonchev–Trinajstić information content (AvgIpc) is 2.83. The summed E-state index contributed by atoms with van der Waals surface area (Å²) in [4.78, 5) is 22.2. The maximum Gasteiger partial charge on any atom is 0.166 e. The van der Waals surface area contributed by atoms with Gasteiger partial charge in [-0.15, -0.1) is 0 Å². The number of halogens is 1. The smallest absolute Gasteiger partial charge is 0.166 e.